The normalized spacial score (nSPS) is 20.1. The van der Waals surface area contributed by atoms with E-state index in [0.717, 1.165) is 44.2 Å². The van der Waals surface area contributed by atoms with Gasteiger partial charge in [-0.1, -0.05) is 25.4 Å². The van der Waals surface area contributed by atoms with Crippen molar-refractivity contribution >= 4 is 12.4 Å². The van der Waals surface area contributed by atoms with Crippen LogP contribution >= 0.6 is 12.4 Å². The van der Waals surface area contributed by atoms with Gasteiger partial charge < -0.3 is 10.3 Å². The lowest BCUT2D eigenvalue weighted by Crippen LogP contribution is -2.40. The Morgan fingerprint density at radius 3 is 2.90 bits per heavy atom. The number of hydrogen-bond donors (Lipinski definition) is 1. The van der Waals surface area contributed by atoms with Gasteiger partial charge in [0.1, 0.15) is 0 Å². The Bertz CT molecular complexity index is 381. The molecule has 1 saturated heterocycles. The third kappa shape index (κ3) is 5.04. The van der Waals surface area contributed by atoms with Gasteiger partial charge in [-0.05, 0) is 38.3 Å². The van der Waals surface area contributed by atoms with Crippen molar-refractivity contribution in [3.8, 4) is 0 Å². The Morgan fingerprint density at radius 2 is 2.20 bits per heavy atom. The van der Waals surface area contributed by atoms with Crippen LogP contribution in [0.2, 0.25) is 0 Å². The summed E-state index contributed by atoms with van der Waals surface area (Å²) < 4.78 is 5.36. The molecule has 5 nitrogen and oxygen atoms in total. The number of hydrogen-bond acceptors (Lipinski definition) is 5. The predicted octanol–water partition coefficient (Wildman–Crippen LogP) is 2.39. The fourth-order valence-electron chi connectivity index (χ4n) is 2.76. The maximum atomic E-state index is 5.70. The molecule has 1 aromatic rings. The highest BCUT2D eigenvalue weighted by atomic mass is 35.5. The summed E-state index contributed by atoms with van der Waals surface area (Å²) in [5.41, 5.74) is 5.70. The van der Waals surface area contributed by atoms with E-state index in [1.807, 2.05) is 0 Å². The van der Waals surface area contributed by atoms with Crippen molar-refractivity contribution < 1.29 is 4.52 Å². The van der Waals surface area contributed by atoms with E-state index in [9.17, 15) is 0 Å². The molecular weight excluding hydrogens is 276 g/mol. The van der Waals surface area contributed by atoms with Gasteiger partial charge in [-0.25, -0.2) is 0 Å². The zero-order chi connectivity index (χ0) is 13.7. The summed E-state index contributed by atoms with van der Waals surface area (Å²) >= 11 is 0. The fourth-order valence-corrected chi connectivity index (χ4v) is 2.76. The molecule has 2 heterocycles. The second-order valence-electron chi connectivity index (χ2n) is 5.90. The predicted molar refractivity (Wildman–Crippen MR) is 81.8 cm³/mol. The van der Waals surface area contributed by atoms with E-state index in [0.29, 0.717) is 12.0 Å². The van der Waals surface area contributed by atoms with E-state index in [4.69, 9.17) is 10.3 Å². The van der Waals surface area contributed by atoms with Gasteiger partial charge in [0, 0.05) is 12.5 Å². The van der Waals surface area contributed by atoms with Crippen LogP contribution in [0.4, 0.5) is 0 Å². The number of nitrogens with two attached hydrogens (primary N) is 1. The number of nitrogens with zero attached hydrogens (tertiary/aromatic N) is 3. The van der Waals surface area contributed by atoms with Crippen LogP contribution < -0.4 is 5.73 Å². The summed E-state index contributed by atoms with van der Waals surface area (Å²) in [5.74, 6) is 2.14. The molecule has 0 aromatic carbocycles. The van der Waals surface area contributed by atoms with E-state index in [-0.39, 0.29) is 12.4 Å². The highest BCUT2D eigenvalue weighted by Crippen LogP contribution is 2.21. The molecule has 0 bridgehead atoms. The molecule has 1 aliphatic heterocycles. The number of aromatic nitrogens is 2. The molecule has 1 aliphatic rings. The highest BCUT2D eigenvalue weighted by molar-refractivity contribution is 5.85. The lowest BCUT2D eigenvalue weighted by atomic mass is 9.99. The second kappa shape index (κ2) is 8.60. The van der Waals surface area contributed by atoms with Crippen LogP contribution in [0, 0.1) is 5.92 Å². The molecule has 6 heteroatoms. The molecule has 116 valence electrons. The molecule has 1 fully saturated rings. The monoisotopic (exact) mass is 302 g/mol. The maximum Gasteiger partial charge on any atom is 0.240 e. The summed E-state index contributed by atoms with van der Waals surface area (Å²) in [4.78, 5) is 6.94. The number of likely N-dealkylation sites (tertiary alicyclic amines) is 1. The fraction of sp³-hybridized carbons (Fsp3) is 0.857. The van der Waals surface area contributed by atoms with E-state index >= 15 is 0 Å². The molecule has 0 aliphatic carbocycles. The lowest BCUT2D eigenvalue weighted by molar-refractivity contribution is 0.118. The molecule has 0 amide bonds. The van der Waals surface area contributed by atoms with E-state index < -0.39 is 0 Å². The van der Waals surface area contributed by atoms with Crippen LogP contribution in [0.1, 0.15) is 51.2 Å². The molecule has 0 saturated carbocycles. The zero-order valence-corrected chi connectivity index (χ0v) is 13.4. The van der Waals surface area contributed by atoms with Crippen molar-refractivity contribution in [1.29, 1.82) is 0 Å². The largest absolute Gasteiger partial charge is 0.338 e. The second-order valence-corrected chi connectivity index (χ2v) is 5.90. The van der Waals surface area contributed by atoms with Gasteiger partial charge in [0.15, 0.2) is 5.82 Å². The van der Waals surface area contributed by atoms with Crippen molar-refractivity contribution in [2.75, 3.05) is 13.1 Å². The van der Waals surface area contributed by atoms with Crippen LogP contribution in [-0.2, 0) is 13.0 Å². The highest BCUT2D eigenvalue weighted by Gasteiger charge is 2.23. The number of halogens is 1. The SMILES string of the molecule is CC(C)Cc1noc(CN2CCCCC2CCN)n1.Cl. The molecule has 1 unspecified atom stereocenters. The zero-order valence-electron chi connectivity index (χ0n) is 12.5. The van der Waals surface area contributed by atoms with Crippen LogP contribution in [0.5, 0.6) is 0 Å². The Hall–Kier alpha value is -0.650. The third-order valence-electron chi connectivity index (χ3n) is 3.69. The lowest BCUT2D eigenvalue weighted by Gasteiger charge is -2.34. The van der Waals surface area contributed by atoms with Crippen LogP contribution in [0.25, 0.3) is 0 Å². The first kappa shape index (κ1) is 17.4. The Kier molecular flexibility index (Phi) is 7.48. The van der Waals surface area contributed by atoms with Gasteiger partial charge in [-0.3, -0.25) is 4.90 Å². The van der Waals surface area contributed by atoms with Crippen molar-refractivity contribution in [1.82, 2.24) is 15.0 Å². The van der Waals surface area contributed by atoms with Gasteiger partial charge in [-0.15, -0.1) is 12.4 Å². The van der Waals surface area contributed by atoms with Gasteiger partial charge >= 0.3 is 0 Å². The Labute approximate surface area is 127 Å². The summed E-state index contributed by atoms with van der Waals surface area (Å²) in [7, 11) is 0. The molecular formula is C14H27ClN4O. The third-order valence-corrected chi connectivity index (χ3v) is 3.69. The van der Waals surface area contributed by atoms with E-state index in [2.05, 4.69) is 28.9 Å². The molecule has 0 spiro atoms. The van der Waals surface area contributed by atoms with Gasteiger partial charge in [0.25, 0.3) is 0 Å². The standard InChI is InChI=1S/C14H26N4O.ClH/c1-11(2)9-13-16-14(19-17-13)10-18-8-4-3-5-12(18)6-7-15;/h11-12H,3-10,15H2,1-2H3;1H. The van der Waals surface area contributed by atoms with Crippen LogP contribution in [-0.4, -0.2) is 34.2 Å². The smallest absolute Gasteiger partial charge is 0.240 e. The molecule has 1 aromatic heterocycles. The average Bonchev–Trinajstić information content (AvgIpc) is 2.78. The minimum atomic E-state index is 0. The first-order valence-corrected chi connectivity index (χ1v) is 7.44. The van der Waals surface area contributed by atoms with E-state index in [1.54, 1.807) is 0 Å². The van der Waals surface area contributed by atoms with Crippen molar-refractivity contribution in [2.45, 2.75) is 58.5 Å². The quantitative estimate of drug-likeness (QED) is 0.874. The minimum Gasteiger partial charge on any atom is -0.338 e. The van der Waals surface area contributed by atoms with Crippen molar-refractivity contribution in [2.24, 2.45) is 11.7 Å². The summed E-state index contributed by atoms with van der Waals surface area (Å²) in [6.07, 6.45) is 5.75. The van der Waals surface area contributed by atoms with Crippen molar-refractivity contribution in [3.63, 3.8) is 0 Å². The average molecular weight is 303 g/mol. The van der Waals surface area contributed by atoms with E-state index in [1.165, 1.54) is 19.3 Å². The van der Waals surface area contributed by atoms with Crippen LogP contribution in [0.15, 0.2) is 4.52 Å². The first-order chi connectivity index (χ1) is 9.19. The molecule has 2 rings (SSSR count). The van der Waals surface area contributed by atoms with Crippen LogP contribution in [0.3, 0.4) is 0 Å². The number of piperidine rings is 1. The molecule has 20 heavy (non-hydrogen) atoms. The Balaban J connectivity index is 0.00000200. The molecule has 0 radical (unpaired) electrons. The topological polar surface area (TPSA) is 68.2 Å². The Morgan fingerprint density at radius 1 is 1.40 bits per heavy atom. The van der Waals surface area contributed by atoms with Gasteiger partial charge in [0.05, 0.1) is 6.54 Å². The minimum absolute atomic E-state index is 0. The number of rotatable bonds is 6. The summed E-state index contributed by atoms with van der Waals surface area (Å²) in [6, 6.07) is 0.583. The first-order valence-electron chi connectivity index (χ1n) is 7.44. The summed E-state index contributed by atoms with van der Waals surface area (Å²) in [6.45, 7) is 6.97. The summed E-state index contributed by atoms with van der Waals surface area (Å²) in [5, 5.41) is 4.06. The maximum absolute atomic E-state index is 5.70. The van der Waals surface area contributed by atoms with Gasteiger partial charge in [0.2, 0.25) is 5.89 Å². The molecule has 1 atom stereocenters. The molecule has 2 N–H and O–H groups in total. The van der Waals surface area contributed by atoms with Gasteiger partial charge in [-0.2, -0.15) is 4.98 Å². The van der Waals surface area contributed by atoms with Crippen molar-refractivity contribution in [3.05, 3.63) is 11.7 Å².